The second-order valence-corrected chi connectivity index (χ2v) is 7.86. The van der Waals surface area contributed by atoms with Crippen LogP contribution in [0.4, 0.5) is 11.4 Å². The van der Waals surface area contributed by atoms with E-state index < -0.39 is 16.7 Å². The normalized spacial score (nSPS) is 13.9. The Morgan fingerprint density at radius 3 is 2.67 bits per heavy atom. The molecule has 0 unspecified atom stereocenters. The monoisotopic (exact) mass is 466 g/mol. The highest BCUT2D eigenvalue weighted by molar-refractivity contribution is 6.33. The van der Waals surface area contributed by atoms with Crippen molar-refractivity contribution in [2.75, 3.05) is 5.32 Å². The summed E-state index contributed by atoms with van der Waals surface area (Å²) in [6.45, 7) is 1.76. The number of fused-ring (bicyclic) bond motifs is 1. The number of aryl methyl sites for hydroxylation is 1. The number of benzene rings is 2. The molecule has 0 saturated heterocycles. The molecule has 0 saturated carbocycles. The molecular formula is C23H19ClN4O5. The Kier molecular flexibility index (Phi) is 6.23. The van der Waals surface area contributed by atoms with Crippen molar-refractivity contribution in [3.8, 4) is 0 Å². The van der Waals surface area contributed by atoms with Gasteiger partial charge in [-0.25, -0.2) is 5.43 Å². The minimum atomic E-state index is -0.573. The van der Waals surface area contributed by atoms with Crippen LogP contribution in [0.1, 0.15) is 50.6 Å². The summed E-state index contributed by atoms with van der Waals surface area (Å²) < 4.78 is 5.85. The number of para-hydroxylation sites is 1. The van der Waals surface area contributed by atoms with Crippen LogP contribution in [0.3, 0.4) is 0 Å². The lowest BCUT2D eigenvalue weighted by Gasteiger charge is -2.13. The predicted octanol–water partition coefficient (Wildman–Crippen LogP) is 4.87. The number of anilines is 1. The highest BCUT2D eigenvalue weighted by Crippen LogP contribution is 2.31. The van der Waals surface area contributed by atoms with Crippen LogP contribution in [0.15, 0.2) is 58.0 Å². The molecule has 1 heterocycles. The number of nitrogens with one attached hydrogen (secondary N) is 2. The quantitative estimate of drug-likeness (QED) is 0.409. The van der Waals surface area contributed by atoms with Crippen molar-refractivity contribution in [3.05, 3.63) is 91.9 Å². The molecule has 0 aliphatic heterocycles. The van der Waals surface area contributed by atoms with Gasteiger partial charge in [0.1, 0.15) is 5.76 Å². The molecule has 168 valence electrons. The van der Waals surface area contributed by atoms with Crippen LogP contribution in [0.25, 0.3) is 0 Å². The van der Waals surface area contributed by atoms with Gasteiger partial charge in [0.15, 0.2) is 5.76 Å². The number of carbonyl (C=O) groups is 2. The molecule has 1 aromatic heterocycles. The van der Waals surface area contributed by atoms with Crippen LogP contribution in [-0.4, -0.2) is 22.4 Å². The van der Waals surface area contributed by atoms with Gasteiger partial charge in [-0.1, -0.05) is 29.8 Å². The summed E-state index contributed by atoms with van der Waals surface area (Å²) in [6, 6.07) is 12.3. The van der Waals surface area contributed by atoms with Crippen LogP contribution >= 0.6 is 11.6 Å². The van der Waals surface area contributed by atoms with E-state index in [1.807, 2.05) is 0 Å². The number of nitro benzene ring substituents is 1. The molecule has 0 spiro atoms. The fraction of sp³-hybridized carbons (Fsp3) is 0.174. The average molecular weight is 467 g/mol. The zero-order valence-corrected chi connectivity index (χ0v) is 18.3. The van der Waals surface area contributed by atoms with E-state index in [2.05, 4.69) is 15.8 Å². The number of nitro groups is 1. The minimum absolute atomic E-state index is 0.119. The van der Waals surface area contributed by atoms with E-state index in [0.29, 0.717) is 46.2 Å². The summed E-state index contributed by atoms with van der Waals surface area (Å²) in [6.07, 6.45) is 1.94. The van der Waals surface area contributed by atoms with Crippen molar-refractivity contribution in [2.45, 2.75) is 26.2 Å². The van der Waals surface area contributed by atoms with Gasteiger partial charge < -0.3 is 9.73 Å². The van der Waals surface area contributed by atoms with Crippen LogP contribution in [0.2, 0.25) is 5.02 Å². The molecule has 9 nitrogen and oxygen atoms in total. The van der Waals surface area contributed by atoms with Gasteiger partial charge >= 0.3 is 0 Å². The first kappa shape index (κ1) is 22.2. The molecule has 3 aromatic rings. The standard InChI is InChI=1S/C23H19ClN4O5/c1-13-20-18(26-27-22(29)14-6-4-7-15(12-14)28(31)32)10-5-11-19(20)33-21(13)23(30)25-17-9-3-2-8-16(17)24/h2-4,6-9,12H,5,10-11H2,1H3,(H,25,30)(H,27,29)/b26-18+. The van der Waals surface area contributed by atoms with Gasteiger partial charge in [-0.2, -0.15) is 5.10 Å². The van der Waals surface area contributed by atoms with Crippen LogP contribution in [-0.2, 0) is 6.42 Å². The summed E-state index contributed by atoms with van der Waals surface area (Å²) in [5, 5.41) is 18.3. The summed E-state index contributed by atoms with van der Waals surface area (Å²) in [7, 11) is 0. The highest BCUT2D eigenvalue weighted by Gasteiger charge is 2.28. The first-order valence-electron chi connectivity index (χ1n) is 10.1. The van der Waals surface area contributed by atoms with Crippen LogP contribution in [0, 0.1) is 17.0 Å². The van der Waals surface area contributed by atoms with E-state index in [-0.39, 0.29) is 17.0 Å². The van der Waals surface area contributed by atoms with Gasteiger partial charge in [-0.05, 0) is 38.0 Å². The topological polar surface area (TPSA) is 127 Å². The van der Waals surface area contributed by atoms with Gasteiger partial charge in [0.25, 0.3) is 17.5 Å². The van der Waals surface area contributed by atoms with Gasteiger partial charge in [0.2, 0.25) is 0 Å². The molecule has 10 heteroatoms. The largest absolute Gasteiger partial charge is 0.455 e. The molecule has 2 aromatic carbocycles. The maximum Gasteiger partial charge on any atom is 0.291 e. The Morgan fingerprint density at radius 2 is 1.91 bits per heavy atom. The van der Waals surface area contributed by atoms with E-state index >= 15 is 0 Å². The third-order valence-electron chi connectivity index (χ3n) is 5.27. The Bertz CT molecular complexity index is 1300. The Hall–Kier alpha value is -3.98. The van der Waals surface area contributed by atoms with E-state index in [4.69, 9.17) is 16.0 Å². The molecule has 0 radical (unpaired) electrons. The molecular weight excluding hydrogens is 448 g/mol. The fourth-order valence-electron chi connectivity index (χ4n) is 3.68. The zero-order chi connectivity index (χ0) is 23.5. The van der Waals surface area contributed by atoms with Crippen LogP contribution in [0.5, 0.6) is 0 Å². The van der Waals surface area contributed by atoms with Gasteiger partial charge in [0.05, 0.1) is 21.3 Å². The van der Waals surface area contributed by atoms with E-state index in [1.54, 1.807) is 31.2 Å². The van der Waals surface area contributed by atoms with Gasteiger partial charge in [-0.3, -0.25) is 19.7 Å². The number of rotatable bonds is 5. The summed E-state index contributed by atoms with van der Waals surface area (Å²) in [4.78, 5) is 35.7. The Morgan fingerprint density at radius 1 is 1.12 bits per heavy atom. The lowest BCUT2D eigenvalue weighted by atomic mass is 9.93. The highest BCUT2D eigenvalue weighted by atomic mass is 35.5. The molecule has 33 heavy (non-hydrogen) atoms. The first-order valence-corrected chi connectivity index (χ1v) is 10.5. The molecule has 4 rings (SSSR count). The van der Waals surface area contributed by atoms with Gasteiger partial charge in [0, 0.05) is 35.2 Å². The van der Waals surface area contributed by atoms with E-state index in [0.717, 1.165) is 6.42 Å². The summed E-state index contributed by atoms with van der Waals surface area (Å²) >= 11 is 6.13. The Balaban J connectivity index is 1.57. The fourth-order valence-corrected chi connectivity index (χ4v) is 3.86. The van der Waals surface area contributed by atoms with Crippen molar-refractivity contribution < 1.29 is 18.9 Å². The van der Waals surface area contributed by atoms with E-state index in [9.17, 15) is 19.7 Å². The molecule has 0 fully saturated rings. The molecule has 0 atom stereocenters. The van der Waals surface area contributed by atoms with Crippen molar-refractivity contribution in [3.63, 3.8) is 0 Å². The van der Waals surface area contributed by atoms with E-state index in [1.165, 1.54) is 24.3 Å². The van der Waals surface area contributed by atoms with Crippen molar-refractivity contribution in [1.29, 1.82) is 0 Å². The third-order valence-corrected chi connectivity index (χ3v) is 5.60. The summed E-state index contributed by atoms with van der Waals surface area (Å²) in [5.74, 6) is -0.239. The Labute approximate surface area is 193 Å². The smallest absolute Gasteiger partial charge is 0.291 e. The lowest BCUT2D eigenvalue weighted by Crippen LogP contribution is -2.22. The third kappa shape index (κ3) is 4.63. The second-order valence-electron chi connectivity index (χ2n) is 7.45. The zero-order valence-electron chi connectivity index (χ0n) is 17.6. The number of hydrazone groups is 1. The summed E-state index contributed by atoms with van der Waals surface area (Å²) in [5.41, 5.74) is 4.73. The molecule has 2 N–H and O–H groups in total. The minimum Gasteiger partial charge on any atom is -0.455 e. The molecule has 1 aliphatic rings. The van der Waals surface area contributed by atoms with Crippen molar-refractivity contribution in [1.82, 2.24) is 5.43 Å². The maximum atomic E-state index is 12.8. The molecule has 2 amide bonds. The second kappa shape index (κ2) is 9.25. The number of non-ortho nitro benzene ring substituents is 1. The number of hydrogen-bond donors (Lipinski definition) is 2. The number of halogens is 1. The number of amides is 2. The number of furan rings is 1. The SMILES string of the molecule is Cc1c(C(=O)Nc2ccccc2Cl)oc2c1/C(=N/NC(=O)c1cccc([N+](=O)[O-])c1)CCC2. The van der Waals surface area contributed by atoms with Gasteiger partial charge in [-0.15, -0.1) is 0 Å². The van der Waals surface area contributed by atoms with Crippen LogP contribution < -0.4 is 10.7 Å². The lowest BCUT2D eigenvalue weighted by molar-refractivity contribution is -0.384. The predicted molar refractivity (Wildman–Crippen MR) is 123 cm³/mol. The first-order chi connectivity index (χ1) is 15.8. The molecule has 1 aliphatic carbocycles. The number of carbonyl (C=O) groups excluding carboxylic acids is 2. The average Bonchev–Trinajstić information content (AvgIpc) is 3.16. The number of nitrogens with zero attached hydrogens (tertiary/aromatic N) is 2. The van der Waals surface area contributed by atoms with Crippen molar-refractivity contribution in [2.24, 2.45) is 5.10 Å². The maximum absolute atomic E-state index is 12.8. The van der Waals surface area contributed by atoms with Crippen molar-refractivity contribution >= 4 is 40.5 Å². The number of hydrogen-bond acceptors (Lipinski definition) is 6. The molecule has 0 bridgehead atoms.